The Morgan fingerprint density at radius 1 is 1.00 bits per heavy atom. The molecule has 8 nitrogen and oxygen atoms in total. The van der Waals surface area contributed by atoms with Gasteiger partial charge in [-0.25, -0.2) is 9.00 Å². The summed E-state index contributed by atoms with van der Waals surface area (Å²) < 4.78 is 29.5. The minimum atomic E-state index is -2.26. The second kappa shape index (κ2) is 11.4. The quantitative estimate of drug-likeness (QED) is 0.574. The number of benzene rings is 2. The van der Waals surface area contributed by atoms with E-state index in [0.29, 0.717) is 43.8 Å². The predicted molar refractivity (Wildman–Crippen MR) is 138 cm³/mol. The maximum atomic E-state index is 13.5. The van der Waals surface area contributed by atoms with E-state index in [-0.39, 0.29) is 24.1 Å². The fourth-order valence-corrected chi connectivity index (χ4v) is 6.19. The molecule has 0 spiro atoms. The molecule has 2 aromatic carbocycles. The molecule has 1 saturated heterocycles. The van der Waals surface area contributed by atoms with E-state index in [9.17, 15) is 18.4 Å². The molecule has 1 atom stereocenters. The Morgan fingerprint density at radius 3 is 2.29 bits per heavy atom. The summed E-state index contributed by atoms with van der Waals surface area (Å²) in [6.45, 7) is 3.00. The summed E-state index contributed by atoms with van der Waals surface area (Å²) in [6, 6.07) is 11.2. The highest BCUT2D eigenvalue weighted by Gasteiger charge is 2.32. The van der Waals surface area contributed by atoms with Gasteiger partial charge < -0.3 is 14.5 Å². The lowest BCUT2D eigenvalue weighted by Gasteiger charge is -2.37. The number of piperidine rings is 1. The third kappa shape index (κ3) is 5.46. The van der Waals surface area contributed by atoms with Crippen molar-refractivity contribution < 1.29 is 23.1 Å². The molecule has 4 rings (SSSR count). The molecule has 35 heavy (non-hydrogen) atoms. The zero-order chi connectivity index (χ0) is 24.9. The second-order valence-corrected chi connectivity index (χ2v) is 10.2. The van der Waals surface area contributed by atoms with Crippen molar-refractivity contribution in [2.24, 2.45) is 0 Å². The van der Waals surface area contributed by atoms with Crippen LogP contribution in [0.4, 0.5) is 10.5 Å². The van der Waals surface area contributed by atoms with Crippen molar-refractivity contribution in [3.05, 3.63) is 42.0 Å². The first-order valence-corrected chi connectivity index (χ1v) is 13.6. The van der Waals surface area contributed by atoms with E-state index >= 15 is 0 Å². The van der Waals surface area contributed by atoms with Crippen LogP contribution < -0.4 is 4.31 Å². The van der Waals surface area contributed by atoms with E-state index in [1.54, 1.807) is 24.0 Å². The molecular weight excluding hydrogens is 466 g/mol. The first-order valence-electron chi connectivity index (χ1n) is 12.5. The molecule has 9 heteroatoms. The number of ether oxygens (including phenoxy) is 1. The lowest BCUT2D eigenvalue weighted by Crippen LogP contribution is -2.47. The molecule has 1 N–H and O–H groups in total. The molecule has 2 aromatic rings. The fraction of sp³-hybridized carbons (Fsp3) is 0.538. The summed E-state index contributed by atoms with van der Waals surface area (Å²) in [6.07, 6.45) is 6.32. The van der Waals surface area contributed by atoms with Crippen LogP contribution in [0.3, 0.4) is 0 Å². The van der Waals surface area contributed by atoms with Gasteiger partial charge in [-0.2, -0.15) is 0 Å². The minimum Gasteiger partial charge on any atom is -0.450 e. The van der Waals surface area contributed by atoms with Crippen molar-refractivity contribution in [1.29, 1.82) is 0 Å². The zero-order valence-electron chi connectivity index (χ0n) is 20.5. The summed E-state index contributed by atoms with van der Waals surface area (Å²) in [5.74, 6) is -0.0148. The summed E-state index contributed by atoms with van der Waals surface area (Å²) >= 11 is -2.26. The van der Waals surface area contributed by atoms with Crippen LogP contribution in [0.15, 0.2) is 36.4 Å². The monoisotopic (exact) mass is 501 g/mol. The summed E-state index contributed by atoms with van der Waals surface area (Å²) in [5.41, 5.74) is 1.23. The van der Waals surface area contributed by atoms with Gasteiger partial charge >= 0.3 is 6.09 Å². The Morgan fingerprint density at radius 2 is 1.66 bits per heavy atom. The lowest BCUT2D eigenvalue weighted by atomic mass is 9.93. The highest BCUT2D eigenvalue weighted by Crippen LogP contribution is 2.35. The van der Waals surface area contributed by atoms with Crippen LogP contribution in [0.1, 0.15) is 62.2 Å². The molecule has 2 amide bonds. The van der Waals surface area contributed by atoms with E-state index in [1.165, 1.54) is 10.7 Å². The van der Waals surface area contributed by atoms with Crippen LogP contribution in [-0.2, 0) is 16.0 Å². The minimum absolute atomic E-state index is 0.0148. The Bertz CT molecular complexity index is 1080. The number of nitrogens with zero attached hydrogens (tertiary/aromatic N) is 3. The molecule has 1 aliphatic carbocycles. The van der Waals surface area contributed by atoms with Gasteiger partial charge in [-0.1, -0.05) is 43.5 Å². The molecule has 190 valence electrons. The van der Waals surface area contributed by atoms with Gasteiger partial charge in [-0.15, -0.1) is 0 Å². The zero-order valence-corrected chi connectivity index (χ0v) is 21.3. The topological polar surface area (TPSA) is 90.4 Å². The number of hydrogen-bond acceptors (Lipinski definition) is 4. The van der Waals surface area contributed by atoms with E-state index < -0.39 is 11.3 Å². The van der Waals surface area contributed by atoms with Gasteiger partial charge in [0.05, 0.1) is 12.3 Å². The molecule has 2 fully saturated rings. The van der Waals surface area contributed by atoms with Crippen LogP contribution in [0.2, 0.25) is 0 Å². The third-order valence-corrected chi connectivity index (χ3v) is 8.13. The van der Waals surface area contributed by atoms with Gasteiger partial charge in [0.25, 0.3) is 17.2 Å². The van der Waals surface area contributed by atoms with E-state index in [2.05, 4.69) is 0 Å². The summed E-state index contributed by atoms with van der Waals surface area (Å²) in [7, 11) is 1.88. The normalized spacial score (nSPS) is 18.3. The average Bonchev–Trinajstić information content (AvgIpc) is 2.89. The molecule has 0 aromatic heterocycles. The smallest absolute Gasteiger partial charge is 0.409 e. The van der Waals surface area contributed by atoms with Crippen LogP contribution in [-0.4, -0.2) is 69.4 Å². The molecular formula is C26H35N3O5S. The van der Waals surface area contributed by atoms with Gasteiger partial charge in [0.2, 0.25) is 0 Å². The number of carbonyl (C=O) groups excluding carboxylic acids is 2. The SMILES string of the molecule is CCOC(=O)N1CCC(N(c2ccc(C(=O)N(C)C3CCCCC3)c3ccccc23)S(=O)O)CC1. The first kappa shape index (κ1) is 25.4. The van der Waals surface area contributed by atoms with E-state index in [0.717, 1.165) is 36.5 Å². The fourth-order valence-electron chi connectivity index (χ4n) is 5.39. The van der Waals surface area contributed by atoms with E-state index in [4.69, 9.17) is 4.74 Å². The van der Waals surface area contributed by atoms with Crippen molar-refractivity contribution in [2.45, 2.75) is 64.0 Å². The molecule has 1 aliphatic heterocycles. The van der Waals surface area contributed by atoms with Gasteiger partial charge in [0.15, 0.2) is 0 Å². The highest BCUT2D eigenvalue weighted by molar-refractivity contribution is 7.80. The number of amides is 2. The predicted octanol–water partition coefficient (Wildman–Crippen LogP) is 4.81. The summed E-state index contributed by atoms with van der Waals surface area (Å²) in [4.78, 5) is 29.1. The van der Waals surface area contributed by atoms with Crippen molar-refractivity contribution in [2.75, 3.05) is 31.0 Å². The molecule has 0 bridgehead atoms. The molecule has 2 aliphatic rings. The second-order valence-electron chi connectivity index (χ2n) is 9.36. The van der Waals surface area contributed by atoms with Gasteiger partial charge in [0, 0.05) is 43.2 Å². The molecule has 1 heterocycles. The Kier molecular flexibility index (Phi) is 8.28. The van der Waals surface area contributed by atoms with Crippen molar-refractivity contribution in [3.8, 4) is 0 Å². The van der Waals surface area contributed by atoms with Crippen LogP contribution in [0.5, 0.6) is 0 Å². The molecule has 1 unspecified atom stereocenters. The van der Waals surface area contributed by atoms with Crippen molar-refractivity contribution in [1.82, 2.24) is 9.80 Å². The number of fused-ring (bicyclic) bond motifs is 1. The average molecular weight is 502 g/mol. The number of rotatable bonds is 6. The van der Waals surface area contributed by atoms with Crippen LogP contribution >= 0.6 is 0 Å². The number of carbonyl (C=O) groups is 2. The van der Waals surface area contributed by atoms with Crippen molar-refractivity contribution in [3.63, 3.8) is 0 Å². The molecule has 1 saturated carbocycles. The highest BCUT2D eigenvalue weighted by atomic mass is 32.2. The maximum absolute atomic E-state index is 13.5. The van der Waals surface area contributed by atoms with Crippen molar-refractivity contribution >= 4 is 39.7 Å². The van der Waals surface area contributed by atoms with Gasteiger partial charge in [0.1, 0.15) is 0 Å². The Hall–Kier alpha value is -2.65. The Labute approximate surface area is 209 Å². The van der Waals surface area contributed by atoms with Gasteiger partial charge in [-0.05, 0) is 50.1 Å². The first-order chi connectivity index (χ1) is 16.9. The van der Waals surface area contributed by atoms with Crippen LogP contribution in [0.25, 0.3) is 10.8 Å². The lowest BCUT2D eigenvalue weighted by molar-refractivity contribution is 0.0698. The largest absolute Gasteiger partial charge is 0.450 e. The standard InChI is InChI=1S/C26H35N3O5S/c1-3-34-26(31)28-17-15-20(16-18-28)29(35(32)33)24-14-13-23(21-11-7-8-12-22(21)24)25(30)27(2)19-9-5-4-6-10-19/h7-8,11-14,19-20H,3-6,9-10,15-18H2,1-2H3,(H,32,33). The van der Waals surface area contributed by atoms with Gasteiger partial charge in [-0.3, -0.25) is 13.7 Å². The Balaban J connectivity index is 1.62. The molecule has 0 radical (unpaired) electrons. The maximum Gasteiger partial charge on any atom is 0.409 e. The number of anilines is 1. The third-order valence-electron chi connectivity index (χ3n) is 7.30. The van der Waals surface area contributed by atoms with E-state index in [1.807, 2.05) is 36.2 Å². The number of likely N-dealkylation sites (tertiary alicyclic amines) is 1. The number of hydrogen-bond donors (Lipinski definition) is 1. The van der Waals surface area contributed by atoms with Crippen LogP contribution in [0, 0.1) is 0 Å². The summed E-state index contributed by atoms with van der Waals surface area (Å²) in [5, 5.41) is 1.54.